The molecule has 4 heteroatoms. The zero-order chi connectivity index (χ0) is 15.0. The molecule has 1 aliphatic rings. The van der Waals surface area contributed by atoms with Crippen molar-refractivity contribution in [3.05, 3.63) is 52.1 Å². The Balaban J connectivity index is 1.88. The number of hydrogen-bond donors (Lipinski definition) is 1. The van der Waals surface area contributed by atoms with E-state index in [1.165, 1.54) is 11.6 Å². The summed E-state index contributed by atoms with van der Waals surface area (Å²) in [4.78, 5) is 18.9. The highest BCUT2D eigenvalue weighted by Gasteiger charge is 2.26. The summed E-state index contributed by atoms with van der Waals surface area (Å²) in [6.45, 7) is 6.47. The van der Waals surface area contributed by atoms with E-state index in [1.807, 2.05) is 18.2 Å². The number of aromatic nitrogens is 2. The number of ether oxygens (including phenoxy) is 1. The topological polar surface area (TPSA) is 55.0 Å². The van der Waals surface area contributed by atoms with Gasteiger partial charge in [0.05, 0.1) is 6.07 Å². The monoisotopic (exact) mass is 284 g/mol. The van der Waals surface area contributed by atoms with Gasteiger partial charge < -0.3 is 9.72 Å². The van der Waals surface area contributed by atoms with Crippen LogP contribution in [0.1, 0.15) is 50.9 Å². The number of aromatic amines is 1. The predicted molar refractivity (Wildman–Crippen MR) is 82.0 cm³/mol. The molecule has 1 aliphatic carbocycles. The van der Waals surface area contributed by atoms with Crippen LogP contribution in [0.3, 0.4) is 0 Å². The fourth-order valence-electron chi connectivity index (χ4n) is 2.20. The largest absolute Gasteiger partial charge is 0.439 e. The summed E-state index contributed by atoms with van der Waals surface area (Å²) in [7, 11) is 0. The molecule has 0 atom stereocenters. The average molecular weight is 284 g/mol. The van der Waals surface area contributed by atoms with Gasteiger partial charge in [0.1, 0.15) is 11.6 Å². The summed E-state index contributed by atoms with van der Waals surface area (Å²) in [6, 6.07) is 9.32. The maximum absolute atomic E-state index is 11.7. The smallest absolute Gasteiger partial charge is 0.254 e. The second-order valence-electron chi connectivity index (χ2n) is 6.62. The Morgan fingerprint density at radius 2 is 2.00 bits per heavy atom. The lowest BCUT2D eigenvalue weighted by molar-refractivity contribution is 0.454. The lowest BCUT2D eigenvalue weighted by Crippen LogP contribution is -2.11. The molecule has 1 N–H and O–H groups in total. The van der Waals surface area contributed by atoms with Gasteiger partial charge in [-0.25, -0.2) is 0 Å². The number of benzene rings is 1. The van der Waals surface area contributed by atoms with Crippen molar-refractivity contribution in [2.75, 3.05) is 0 Å². The molecule has 1 heterocycles. The van der Waals surface area contributed by atoms with Gasteiger partial charge in [-0.1, -0.05) is 32.9 Å². The fourth-order valence-corrected chi connectivity index (χ4v) is 2.20. The lowest BCUT2D eigenvalue weighted by atomic mass is 9.87. The van der Waals surface area contributed by atoms with E-state index in [1.54, 1.807) is 0 Å². The van der Waals surface area contributed by atoms with E-state index in [0.717, 1.165) is 18.7 Å². The molecule has 0 spiro atoms. The Morgan fingerprint density at radius 3 is 2.67 bits per heavy atom. The zero-order valence-corrected chi connectivity index (χ0v) is 12.6. The molecule has 1 fully saturated rings. The molecule has 2 aromatic rings. The Kier molecular flexibility index (Phi) is 3.32. The molecule has 0 unspecified atom stereocenters. The highest BCUT2D eigenvalue weighted by molar-refractivity contribution is 5.34. The van der Waals surface area contributed by atoms with Gasteiger partial charge >= 0.3 is 0 Å². The molecule has 3 rings (SSSR count). The van der Waals surface area contributed by atoms with Crippen molar-refractivity contribution >= 4 is 0 Å². The second kappa shape index (κ2) is 5.02. The minimum Gasteiger partial charge on any atom is -0.439 e. The minimum absolute atomic E-state index is 0.0557. The first-order valence-corrected chi connectivity index (χ1v) is 7.31. The summed E-state index contributed by atoms with van der Waals surface area (Å²) in [5, 5.41) is 0. The Bertz CT molecular complexity index is 709. The molecule has 4 nitrogen and oxygen atoms in total. The third kappa shape index (κ3) is 3.32. The summed E-state index contributed by atoms with van der Waals surface area (Å²) in [5.74, 6) is 2.21. The minimum atomic E-state index is -0.158. The SMILES string of the molecule is CC(C)(C)c1cccc(Oc2cc(=O)[nH]c(C3CC3)n2)c1. The highest BCUT2D eigenvalue weighted by atomic mass is 16.5. The summed E-state index contributed by atoms with van der Waals surface area (Å²) < 4.78 is 5.78. The maximum Gasteiger partial charge on any atom is 0.254 e. The molecule has 1 aromatic carbocycles. The molecule has 0 saturated heterocycles. The van der Waals surface area contributed by atoms with Gasteiger partial charge in [-0.3, -0.25) is 4.79 Å². The highest BCUT2D eigenvalue weighted by Crippen LogP contribution is 2.38. The van der Waals surface area contributed by atoms with Crippen LogP contribution in [-0.4, -0.2) is 9.97 Å². The Morgan fingerprint density at radius 1 is 1.24 bits per heavy atom. The third-order valence-corrected chi connectivity index (χ3v) is 3.62. The quantitative estimate of drug-likeness (QED) is 0.934. The third-order valence-electron chi connectivity index (χ3n) is 3.62. The van der Waals surface area contributed by atoms with Crippen LogP contribution in [0.2, 0.25) is 0 Å². The van der Waals surface area contributed by atoms with Crippen molar-refractivity contribution in [2.45, 2.75) is 44.9 Å². The van der Waals surface area contributed by atoms with Gasteiger partial charge in [0, 0.05) is 5.92 Å². The van der Waals surface area contributed by atoms with Crippen LogP contribution in [-0.2, 0) is 5.41 Å². The second-order valence-corrected chi connectivity index (χ2v) is 6.62. The Labute approximate surface area is 124 Å². The van der Waals surface area contributed by atoms with Crippen LogP contribution in [0.15, 0.2) is 35.1 Å². The van der Waals surface area contributed by atoms with Crippen molar-refractivity contribution in [1.82, 2.24) is 9.97 Å². The molecular weight excluding hydrogens is 264 g/mol. The Hall–Kier alpha value is -2.10. The van der Waals surface area contributed by atoms with E-state index in [4.69, 9.17) is 4.74 Å². The first kappa shape index (κ1) is 13.9. The van der Waals surface area contributed by atoms with Gasteiger partial charge in [0.2, 0.25) is 5.88 Å². The first-order chi connectivity index (χ1) is 9.91. The van der Waals surface area contributed by atoms with Gasteiger partial charge in [0.25, 0.3) is 5.56 Å². The van der Waals surface area contributed by atoms with E-state index < -0.39 is 0 Å². The summed E-state index contributed by atoms with van der Waals surface area (Å²) >= 11 is 0. The maximum atomic E-state index is 11.7. The van der Waals surface area contributed by atoms with E-state index in [0.29, 0.717) is 17.5 Å². The molecule has 1 aromatic heterocycles. The molecular formula is C17H20N2O2. The van der Waals surface area contributed by atoms with Gasteiger partial charge in [-0.05, 0) is 36.0 Å². The predicted octanol–water partition coefficient (Wildman–Crippen LogP) is 3.74. The number of rotatable bonds is 3. The first-order valence-electron chi connectivity index (χ1n) is 7.31. The van der Waals surface area contributed by atoms with Crippen LogP contribution in [0.25, 0.3) is 0 Å². The van der Waals surface area contributed by atoms with Crippen molar-refractivity contribution in [3.8, 4) is 11.6 Å². The van der Waals surface area contributed by atoms with Crippen molar-refractivity contribution in [2.24, 2.45) is 0 Å². The molecule has 1 saturated carbocycles. The fraction of sp³-hybridized carbons (Fsp3) is 0.412. The van der Waals surface area contributed by atoms with Crippen molar-refractivity contribution in [1.29, 1.82) is 0 Å². The number of nitrogens with zero attached hydrogens (tertiary/aromatic N) is 1. The molecule has 21 heavy (non-hydrogen) atoms. The summed E-state index contributed by atoms with van der Waals surface area (Å²) in [6.07, 6.45) is 2.18. The molecule has 0 bridgehead atoms. The summed E-state index contributed by atoms with van der Waals surface area (Å²) in [5.41, 5.74) is 1.08. The average Bonchev–Trinajstić information content (AvgIpc) is 3.21. The zero-order valence-electron chi connectivity index (χ0n) is 12.6. The van der Waals surface area contributed by atoms with E-state index in [-0.39, 0.29) is 11.0 Å². The number of hydrogen-bond acceptors (Lipinski definition) is 3. The normalized spacial score (nSPS) is 15.0. The molecule has 110 valence electrons. The van der Waals surface area contributed by atoms with E-state index in [9.17, 15) is 4.79 Å². The van der Waals surface area contributed by atoms with Crippen LogP contribution in [0.4, 0.5) is 0 Å². The van der Waals surface area contributed by atoms with Crippen LogP contribution in [0.5, 0.6) is 11.6 Å². The van der Waals surface area contributed by atoms with Crippen LogP contribution < -0.4 is 10.3 Å². The van der Waals surface area contributed by atoms with Crippen molar-refractivity contribution in [3.63, 3.8) is 0 Å². The molecule has 0 amide bonds. The lowest BCUT2D eigenvalue weighted by Gasteiger charge is -2.19. The van der Waals surface area contributed by atoms with E-state index >= 15 is 0 Å². The van der Waals surface area contributed by atoms with Crippen LogP contribution in [0, 0.1) is 0 Å². The standard InChI is InChI=1S/C17H20N2O2/c1-17(2,3)12-5-4-6-13(9-12)21-15-10-14(20)18-16(19-15)11-7-8-11/h4-6,9-11H,7-8H2,1-3H3,(H,18,19,20). The van der Waals surface area contributed by atoms with Crippen LogP contribution >= 0.6 is 0 Å². The number of nitrogens with one attached hydrogen (secondary N) is 1. The molecule has 0 radical (unpaired) electrons. The number of H-pyrrole nitrogens is 1. The van der Waals surface area contributed by atoms with Crippen molar-refractivity contribution < 1.29 is 4.74 Å². The van der Waals surface area contributed by atoms with Gasteiger partial charge in [-0.15, -0.1) is 0 Å². The molecule has 0 aliphatic heterocycles. The van der Waals surface area contributed by atoms with Gasteiger partial charge in [0.15, 0.2) is 0 Å². The van der Waals surface area contributed by atoms with E-state index in [2.05, 4.69) is 36.8 Å². The van der Waals surface area contributed by atoms with Gasteiger partial charge in [-0.2, -0.15) is 4.98 Å².